The van der Waals surface area contributed by atoms with Crippen LogP contribution in [-0.2, 0) is 0 Å². The lowest BCUT2D eigenvalue weighted by Gasteiger charge is -2.15. The van der Waals surface area contributed by atoms with E-state index < -0.39 is 6.10 Å². The highest BCUT2D eigenvalue weighted by molar-refractivity contribution is 5.78. The van der Waals surface area contributed by atoms with Gasteiger partial charge < -0.3 is 5.11 Å². The van der Waals surface area contributed by atoms with Crippen molar-refractivity contribution in [2.75, 3.05) is 0 Å². The second kappa shape index (κ2) is 5.73. The van der Waals surface area contributed by atoms with Gasteiger partial charge in [-0.1, -0.05) is 60.3 Å². The molecule has 0 fully saturated rings. The van der Waals surface area contributed by atoms with Crippen molar-refractivity contribution in [2.45, 2.75) is 6.10 Å². The van der Waals surface area contributed by atoms with Crippen molar-refractivity contribution in [3.05, 3.63) is 78.9 Å². The Labute approximate surface area is 122 Å². The summed E-state index contributed by atoms with van der Waals surface area (Å²) in [5, 5.41) is 18.9. The zero-order chi connectivity index (χ0) is 14.7. The van der Waals surface area contributed by atoms with E-state index in [0.717, 1.165) is 16.6 Å². The van der Waals surface area contributed by atoms with Gasteiger partial charge in [0.1, 0.15) is 11.6 Å². The zero-order valence-electron chi connectivity index (χ0n) is 11.4. The van der Waals surface area contributed by atoms with Gasteiger partial charge in [-0.25, -0.2) is 4.68 Å². The molecule has 1 N–H and O–H groups in total. The first kappa shape index (κ1) is 13.3. The summed E-state index contributed by atoms with van der Waals surface area (Å²) in [7, 11) is 0. The molecule has 0 saturated carbocycles. The number of fused-ring (bicyclic) bond motifs is 1. The van der Waals surface area contributed by atoms with E-state index in [-0.39, 0.29) is 0 Å². The number of hydrogen-bond donors (Lipinski definition) is 1. The van der Waals surface area contributed by atoms with E-state index in [1.54, 1.807) is 16.8 Å². The van der Waals surface area contributed by atoms with Gasteiger partial charge in [-0.3, -0.25) is 0 Å². The van der Waals surface area contributed by atoms with Crippen molar-refractivity contribution in [3.8, 4) is 0 Å². The van der Waals surface area contributed by atoms with Crippen LogP contribution in [0.4, 0.5) is 0 Å². The molecule has 0 saturated heterocycles. The number of rotatable bonds is 4. The molecule has 1 aromatic heterocycles. The van der Waals surface area contributed by atoms with E-state index in [0.29, 0.717) is 5.70 Å². The van der Waals surface area contributed by atoms with E-state index in [4.69, 9.17) is 0 Å². The molecule has 0 amide bonds. The number of benzene rings is 2. The third-order valence-corrected chi connectivity index (χ3v) is 3.28. The van der Waals surface area contributed by atoms with Crippen molar-refractivity contribution >= 4 is 16.7 Å². The Kier molecular flexibility index (Phi) is 3.62. The van der Waals surface area contributed by atoms with Gasteiger partial charge in [-0.05, 0) is 23.8 Å². The van der Waals surface area contributed by atoms with Crippen LogP contribution in [0.15, 0.2) is 73.3 Å². The van der Waals surface area contributed by atoms with Gasteiger partial charge in [0.05, 0.1) is 11.2 Å². The summed E-state index contributed by atoms with van der Waals surface area (Å²) in [5.74, 6) is 0. The quantitative estimate of drug-likeness (QED) is 0.745. The molecule has 2 aromatic carbocycles. The molecule has 0 aliphatic heterocycles. The summed E-state index contributed by atoms with van der Waals surface area (Å²) in [6.07, 6.45) is 2.59. The molecule has 1 atom stereocenters. The van der Waals surface area contributed by atoms with Crippen LogP contribution in [0, 0.1) is 0 Å². The smallest absolute Gasteiger partial charge is 0.121 e. The predicted molar refractivity (Wildman–Crippen MR) is 83.4 cm³/mol. The summed E-state index contributed by atoms with van der Waals surface area (Å²) in [5.41, 5.74) is 3.04. The number of aliphatic hydroxyl groups excluding tert-OH is 1. The van der Waals surface area contributed by atoms with Crippen LogP contribution in [0.3, 0.4) is 0 Å². The summed E-state index contributed by atoms with van der Waals surface area (Å²) in [6, 6.07) is 17.1. The van der Waals surface area contributed by atoms with Crippen molar-refractivity contribution in [1.29, 1.82) is 0 Å². The maximum Gasteiger partial charge on any atom is 0.121 e. The number of aliphatic hydroxyl groups is 1. The standard InChI is InChI=1S/C17H15N3O/c1-2-8-16(17(21)13-9-4-3-5-10-13)20-15-12-7-6-11-14(15)18-19-20/h2-12,17,21H,1H2/b16-8+. The summed E-state index contributed by atoms with van der Waals surface area (Å²) >= 11 is 0. The molecule has 0 radical (unpaired) electrons. The maximum absolute atomic E-state index is 10.6. The molecule has 4 heteroatoms. The monoisotopic (exact) mass is 277 g/mol. The van der Waals surface area contributed by atoms with Crippen molar-refractivity contribution in [1.82, 2.24) is 15.0 Å². The fourth-order valence-electron chi connectivity index (χ4n) is 2.26. The van der Waals surface area contributed by atoms with E-state index in [1.807, 2.05) is 54.6 Å². The first-order valence-corrected chi connectivity index (χ1v) is 6.67. The molecular weight excluding hydrogens is 262 g/mol. The molecule has 3 aromatic rings. The fraction of sp³-hybridized carbons (Fsp3) is 0.0588. The Bertz CT molecular complexity index is 790. The largest absolute Gasteiger partial charge is 0.382 e. The average molecular weight is 277 g/mol. The van der Waals surface area contributed by atoms with Crippen molar-refractivity contribution in [3.63, 3.8) is 0 Å². The molecule has 21 heavy (non-hydrogen) atoms. The van der Waals surface area contributed by atoms with Crippen LogP contribution in [0.1, 0.15) is 11.7 Å². The first-order valence-electron chi connectivity index (χ1n) is 6.67. The highest BCUT2D eigenvalue weighted by Crippen LogP contribution is 2.27. The number of hydrogen-bond acceptors (Lipinski definition) is 3. The Morgan fingerprint density at radius 2 is 1.81 bits per heavy atom. The van der Waals surface area contributed by atoms with Gasteiger partial charge in [0, 0.05) is 0 Å². The Morgan fingerprint density at radius 1 is 1.10 bits per heavy atom. The van der Waals surface area contributed by atoms with Crippen LogP contribution in [0.25, 0.3) is 16.7 Å². The molecule has 0 aliphatic carbocycles. The SMILES string of the molecule is C=C/C=C(\C(O)c1ccccc1)n1nnc2ccccc21. The summed E-state index contributed by atoms with van der Waals surface area (Å²) < 4.78 is 1.65. The highest BCUT2D eigenvalue weighted by atomic mass is 16.3. The lowest BCUT2D eigenvalue weighted by Crippen LogP contribution is -2.09. The Hall–Kier alpha value is -2.72. The summed E-state index contributed by atoms with van der Waals surface area (Å²) in [4.78, 5) is 0. The van der Waals surface area contributed by atoms with Crippen LogP contribution >= 0.6 is 0 Å². The van der Waals surface area contributed by atoms with Gasteiger partial charge in [0.15, 0.2) is 0 Å². The first-order chi connectivity index (χ1) is 10.3. The minimum atomic E-state index is -0.797. The van der Waals surface area contributed by atoms with E-state index in [1.165, 1.54) is 0 Å². The van der Waals surface area contributed by atoms with Crippen LogP contribution in [-0.4, -0.2) is 20.1 Å². The van der Waals surface area contributed by atoms with E-state index in [9.17, 15) is 5.11 Å². The molecule has 104 valence electrons. The fourth-order valence-corrected chi connectivity index (χ4v) is 2.26. The van der Waals surface area contributed by atoms with Crippen molar-refractivity contribution in [2.24, 2.45) is 0 Å². The van der Waals surface area contributed by atoms with Crippen LogP contribution in [0.2, 0.25) is 0 Å². The average Bonchev–Trinajstić information content (AvgIpc) is 2.97. The normalized spacial score (nSPS) is 13.3. The van der Waals surface area contributed by atoms with Gasteiger partial charge in [-0.15, -0.1) is 5.10 Å². The highest BCUT2D eigenvalue weighted by Gasteiger charge is 2.17. The Balaban J connectivity index is 2.11. The number of allylic oxidation sites excluding steroid dienone is 2. The second-order valence-corrected chi connectivity index (χ2v) is 4.63. The molecule has 0 bridgehead atoms. The number of nitrogens with zero attached hydrogens (tertiary/aromatic N) is 3. The van der Waals surface area contributed by atoms with Crippen molar-refractivity contribution < 1.29 is 5.11 Å². The van der Waals surface area contributed by atoms with E-state index >= 15 is 0 Å². The minimum absolute atomic E-state index is 0.616. The third-order valence-electron chi connectivity index (χ3n) is 3.28. The molecule has 0 aliphatic rings. The number of aromatic nitrogens is 3. The summed E-state index contributed by atoms with van der Waals surface area (Å²) in [6.45, 7) is 3.72. The molecule has 4 nitrogen and oxygen atoms in total. The van der Waals surface area contributed by atoms with Crippen LogP contribution in [0.5, 0.6) is 0 Å². The topological polar surface area (TPSA) is 50.9 Å². The minimum Gasteiger partial charge on any atom is -0.382 e. The molecule has 1 heterocycles. The molecule has 3 rings (SSSR count). The lowest BCUT2D eigenvalue weighted by atomic mass is 10.1. The Morgan fingerprint density at radius 3 is 2.57 bits per heavy atom. The molecule has 1 unspecified atom stereocenters. The van der Waals surface area contributed by atoms with Gasteiger partial charge in [0.25, 0.3) is 0 Å². The van der Waals surface area contributed by atoms with Gasteiger partial charge in [0.2, 0.25) is 0 Å². The maximum atomic E-state index is 10.6. The molecular formula is C17H15N3O. The lowest BCUT2D eigenvalue weighted by molar-refractivity contribution is 0.230. The van der Waals surface area contributed by atoms with E-state index in [2.05, 4.69) is 16.9 Å². The zero-order valence-corrected chi connectivity index (χ0v) is 11.4. The second-order valence-electron chi connectivity index (χ2n) is 4.63. The van der Waals surface area contributed by atoms with Gasteiger partial charge in [-0.2, -0.15) is 0 Å². The predicted octanol–water partition coefficient (Wildman–Crippen LogP) is 3.19. The number of para-hydroxylation sites is 1. The molecule has 0 spiro atoms. The third kappa shape index (κ3) is 2.49. The van der Waals surface area contributed by atoms with Gasteiger partial charge >= 0.3 is 0 Å². The van der Waals surface area contributed by atoms with Crippen LogP contribution < -0.4 is 0 Å².